The molecule has 3 fully saturated rings. The van der Waals surface area contributed by atoms with Gasteiger partial charge in [-0.3, -0.25) is 9.36 Å². The first-order valence-electron chi connectivity index (χ1n) is 11.7. The number of amides is 3. The van der Waals surface area contributed by atoms with E-state index < -0.39 is 30.4 Å². The van der Waals surface area contributed by atoms with Crippen LogP contribution in [0.4, 0.5) is 10.6 Å². The van der Waals surface area contributed by atoms with Gasteiger partial charge >= 0.3 is 6.03 Å². The Kier molecular flexibility index (Phi) is 6.18. The average Bonchev–Trinajstić information content (AvgIpc) is 3.44. The van der Waals surface area contributed by atoms with Gasteiger partial charge < -0.3 is 36.2 Å². The zero-order valence-corrected chi connectivity index (χ0v) is 19.2. The van der Waals surface area contributed by atoms with Gasteiger partial charge in [-0.2, -0.15) is 0 Å². The summed E-state index contributed by atoms with van der Waals surface area (Å²) >= 11 is 0. The maximum atomic E-state index is 12.4. The second-order valence-electron chi connectivity index (χ2n) is 9.04. The van der Waals surface area contributed by atoms with Crippen molar-refractivity contribution in [2.75, 3.05) is 19.3 Å². The van der Waals surface area contributed by atoms with Crippen LogP contribution in [0, 0.1) is 11.8 Å². The van der Waals surface area contributed by atoms with Gasteiger partial charge in [-0.15, -0.1) is 0 Å². The van der Waals surface area contributed by atoms with Gasteiger partial charge in [0, 0.05) is 19.1 Å². The minimum Gasteiger partial charge on any atom is -0.387 e. The SMILES string of the molecule is CNC(=O)N(CC#Cc1nc(N)c2ncn([C@@H]3O[C@H](C(=O)NC4CC4)C(O)C3O)c2n1)C1CCC1. The minimum atomic E-state index is -1.42. The molecule has 0 bridgehead atoms. The van der Waals surface area contributed by atoms with Crippen LogP contribution in [0.1, 0.15) is 44.2 Å². The molecule has 2 aromatic rings. The van der Waals surface area contributed by atoms with Crippen molar-refractivity contribution >= 4 is 28.9 Å². The summed E-state index contributed by atoms with van der Waals surface area (Å²) in [6, 6.07) is 0.0571. The number of nitrogens with zero attached hydrogens (tertiary/aromatic N) is 5. The van der Waals surface area contributed by atoms with E-state index in [1.165, 1.54) is 10.9 Å². The summed E-state index contributed by atoms with van der Waals surface area (Å²) in [6.07, 6.45) is 0.946. The van der Waals surface area contributed by atoms with Gasteiger partial charge in [0.2, 0.25) is 5.82 Å². The third-order valence-electron chi connectivity index (χ3n) is 6.58. The summed E-state index contributed by atoms with van der Waals surface area (Å²) in [5, 5.41) is 26.4. The topological polar surface area (TPSA) is 181 Å². The Balaban J connectivity index is 1.38. The molecule has 0 aromatic carbocycles. The number of imidazole rings is 1. The van der Waals surface area contributed by atoms with E-state index in [4.69, 9.17) is 10.5 Å². The van der Waals surface area contributed by atoms with Crippen LogP contribution in [-0.4, -0.2) is 90.6 Å². The second kappa shape index (κ2) is 9.29. The van der Waals surface area contributed by atoms with Crippen LogP contribution in [0.2, 0.25) is 0 Å². The number of rotatable bonds is 5. The number of fused-ring (bicyclic) bond motifs is 1. The molecule has 2 aromatic heterocycles. The summed E-state index contributed by atoms with van der Waals surface area (Å²) in [5.74, 6) is 5.49. The van der Waals surface area contributed by atoms with Crippen LogP contribution in [0.3, 0.4) is 0 Å². The number of nitrogens with two attached hydrogens (primary N) is 1. The monoisotopic (exact) mass is 484 g/mol. The molecule has 2 unspecified atom stereocenters. The number of nitrogens with one attached hydrogen (secondary N) is 2. The number of hydrogen-bond acceptors (Lipinski definition) is 9. The number of carbonyl (C=O) groups excluding carboxylic acids is 2. The predicted octanol–water partition coefficient (Wildman–Crippen LogP) is -1.15. The lowest BCUT2D eigenvalue weighted by molar-refractivity contribution is -0.137. The number of nitrogen functional groups attached to an aromatic ring is 1. The third-order valence-corrected chi connectivity index (χ3v) is 6.58. The normalized spacial score (nSPS) is 26.0. The molecule has 35 heavy (non-hydrogen) atoms. The molecule has 13 heteroatoms. The number of hydrogen-bond donors (Lipinski definition) is 5. The molecule has 0 radical (unpaired) electrons. The summed E-state index contributed by atoms with van der Waals surface area (Å²) in [4.78, 5) is 39.1. The second-order valence-corrected chi connectivity index (χ2v) is 9.04. The summed E-state index contributed by atoms with van der Waals surface area (Å²) in [7, 11) is 1.58. The smallest absolute Gasteiger partial charge is 0.318 e. The number of aliphatic hydroxyl groups excluding tert-OH is 2. The van der Waals surface area contributed by atoms with E-state index in [0.717, 1.165) is 32.1 Å². The summed E-state index contributed by atoms with van der Waals surface area (Å²) in [5.41, 5.74) is 6.57. The largest absolute Gasteiger partial charge is 0.387 e. The maximum absolute atomic E-state index is 12.4. The molecule has 2 saturated carbocycles. The molecule has 1 saturated heterocycles. The lowest BCUT2D eigenvalue weighted by atomic mass is 9.92. The van der Waals surface area contributed by atoms with Crippen molar-refractivity contribution in [1.29, 1.82) is 0 Å². The van der Waals surface area contributed by atoms with Crippen LogP contribution >= 0.6 is 0 Å². The van der Waals surface area contributed by atoms with Crippen LogP contribution in [0.15, 0.2) is 6.33 Å². The highest BCUT2D eigenvalue weighted by molar-refractivity contribution is 5.83. The van der Waals surface area contributed by atoms with E-state index in [1.54, 1.807) is 11.9 Å². The van der Waals surface area contributed by atoms with Crippen molar-refractivity contribution in [3.8, 4) is 11.8 Å². The number of ether oxygens (including phenoxy) is 1. The molecular formula is C22H28N8O5. The molecular weight excluding hydrogens is 456 g/mol. The van der Waals surface area contributed by atoms with Gasteiger partial charge in [0.25, 0.3) is 5.91 Å². The highest BCUT2D eigenvalue weighted by Crippen LogP contribution is 2.33. The minimum absolute atomic E-state index is 0.0799. The maximum Gasteiger partial charge on any atom is 0.318 e. The van der Waals surface area contributed by atoms with Crippen molar-refractivity contribution in [1.82, 2.24) is 35.1 Å². The first-order valence-corrected chi connectivity index (χ1v) is 11.7. The van der Waals surface area contributed by atoms with E-state index in [-0.39, 0.29) is 47.5 Å². The molecule has 0 spiro atoms. The Morgan fingerprint density at radius 2 is 2.03 bits per heavy atom. The van der Waals surface area contributed by atoms with E-state index in [0.29, 0.717) is 0 Å². The van der Waals surface area contributed by atoms with Crippen molar-refractivity contribution < 1.29 is 24.5 Å². The highest BCUT2D eigenvalue weighted by Gasteiger charge is 2.48. The van der Waals surface area contributed by atoms with Crippen LogP contribution < -0.4 is 16.4 Å². The number of anilines is 1. The van der Waals surface area contributed by atoms with Crippen molar-refractivity contribution in [3.63, 3.8) is 0 Å². The molecule has 5 rings (SSSR count). The van der Waals surface area contributed by atoms with Crippen molar-refractivity contribution in [3.05, 3.63) is 12.2 Å². The quantitative estimate of drug-likeness (QED) is 0.327. The molecule has 3 heterocycles. The molecule has 2 aliphatic carbocycles. The van der Waals surface area contributed by atoms with Gasteiger partial charge in [-0.1, -0.05) is 5.92 Å². The Morgan fingerprint density at radius 1 is 1.26 bits per heavy atom. The first kappa shape index (κ1) is 23.3. The van der Waals surface area contributed by atoms with E-state index in [1.807, 2.05) is 0 Å². The van der Waals surface area contributed by atoms with Gasteiger partial charge in [0.05, 0.1) is 12.9 Å². The number of aromatic nitrogens is 4. The summed E-state index contributed by atoms with van der Waals surface area (Å²) < 4.78 is 7.13. The molecule has 6 N–H and O–H groups in total. The first-order chi connectivity index (χ1) is 16.9. The summed E-state index contributed by atoms with van der Waals surface area (Å²) in [6.45, 7) is 0.208. The fraction of sp³-hybridized carbons (Fsp3) is 0.591. The zero-order valence-electron chi connectivity index (χ0n) is 19.2. The van der Waals surface area contributed by atoms with Crippen molar-refractivity contribution in [2.45, 2.75) is 68.7 Å². The standard InChI is InChI=1S/C22H28N8O5/c1-24-22(34)29(12-4-2-5-12)9-3-6-13-27-18(23)14-19(28-13)30(10-25-14)21-16(32)15(31)17(35-21)20(33)26-11-7-8-11/h10-12,15-17,21,31-32H,2,4-5,7-9H2,1H3,(H,24,34)(H,26,33)(H2,23,27,28)/t15?,16?,17-,21+/m0/s1. The van der Waals surface area contributed by atoms with Gasteiger partial charge in [0.1, 0.15) is 17.7 Å². The Bertz CT molecular complexity index is 1200. The lowest BCUT2D eigenvalue weighted by Gasteiger charge is -2.35. The van der Waals surface area contributed by atoms with Crippen LogP contribution in [0.25, 0.3) is 11.2 Å². The third kappa shape index (κ3) is 4.47. The van der Waals surface area contributed by atoms with E-state index in [2.05, 4.69) is 37.4 Å². The predicted molar refractivity (Wildman–Crippen MR) is 123 cm³/mol. The Labute approximate surface area is 201 Å². The van der Waals surface area contributed by atoms with Gasteiger partial charge in [-0.25, -0.2) is 19.7 Å². The van der Waals surface area contributed by atoms with Crippen LogP contribution in [-0.2, 0) is 9.53 Å². The number of urea groups is 1. The number of aliphatic hydroxyl groups is 2. The fourth-order valence-electron chi connectivity index (χ4n) is 4.21. The lowest BCUT2D eigenvalue weighted by Crippen LogP contribution is -2.48. The molecule has 1 aliphatic heterocycles. The molecule has 3 amide bonds. The number of carbonyl (C=O) groups is 2. The Morgan fingerprint density at radius 3 is 2.69 bits per heavy atom. The van der Waals surface area contributed by atoms with Gasteiger partial charge in [-0.05, 0) is 38.0 Å². The highest BCUT2D eigenvalue weighted by atomic mass is 16.6. The fourth-order valence-corrected chi connectivity index (χ4v) is 4.21. The van der Waals surface area contributed by atoms with Gasteiger partial charge in [0.15, 0.2) is 23.8 Å². The molecule has 13 nitrogen and oxygen atoms in total. The Hall–Kier alpha value is -3.47. The van der Waals surface area contributed by atoms with E-state index in [9.17, 15) is 19.8 Å². The molecule has 3 aliphatic rings. The molecule has 186 valence electrons. The van der Waals surface area contributed by atoms with E-state index >= 15 is 0 Å². The zero-order chi connectivity index (χ0) is 24.7. The van der Waals surface area contributed by atoms with Crippen LogP contribution in [0.5, 0.6) is 0 Å². The molecule has 4 atom stereocenters. The average molecular weight is 485 g/mol. The van der Waals surface area contributed by atoms with Crippen molar-refractivity contribution in [2.24, 2.45) is 0 Å².